The van der Waals surface area contributed by atoms with Crippen LogP contribution in [0.3, 0.4) is 0 Å². The average Bonchev–Trinajstić information content (AvgIpc) is 3.26. The fraction of sp³-hybridized carbons (Fsp3) is 0.400. The maximum Gasteiger partial charge on any atom is 0.251 e. The number of nitrogens with zero attached hydrogens (tertiary/aromatic N) is 4. The van der Waals surface area contributed by atoms with Gasteiger partial charge in [-0.05, 0) is 47.1 Å². The van der Waals surface area contributed by atoms with Crippen molar-refractivity contribution in [3.8, 4) is 0 Å². The van der Waals surface area contributed by atoms with Gasteiger partial charge in [0, 0.05) is 31.7 Å². The molecule has 0 radical (unpaired) electrons. The number of rotatable bonds is 7. The average molecular weight is 418 g/mol. The zero-order valence-electron chi connectivity index (χ0n) is 18.4. The van der Waals surface area contributed by atoms with E-state index in [1.807, 2.05) is 30.3 Å². The van der Waals surface area contributed by atoms with Crippen LogP contribution in [0, 0.1) is 11.8 Å². The minimum Gasteiger partial charge on any atom is -0.348 e. The molecular formula is C25H31N5O. The Balaban J connectivity index is 1.35. The van der Waals surface area contributed by atoms with Gasteiger partial charge < -0.3 is 5.32 Å². The molecule has 0 saturated carbocycles. The Bertz CT molecular complexity index is 973. The fourth-order valence-electron chi connectivity index (χ4n) is 4.59. The number of carbonyl (C=O) groups excluding carboxylic acids is 1. The lowest BCUT2D eigenvalue weighted by molar-refractivity contribution is 0.0950. The van der Waals surface area contributed by atoms with Gasteiger partial charge in [0.25, 0.3) is 5.91 Å². The number of likely N-dealkylation sites (tertiary alicyclic amines) is 1. The first-order chi connectivity index (χ1) is 15.1. The highest BCUT2D eigenvalue weighted by Gasteiger charge is 2.22. The molecule has 6 heteroatoms. The van der Waals surface area contributed by atoms with Gasteiger partial charge in [0.15, 0.2) is 0 Å². The Kier molecular flexibility index (Phi) is 6.77. The molecule has 0 bridgehead atoms. The molecule has 1 saturated heterocycles. The van der Waals surface area contributed by atoms with Crippen LogP contribution in [0.4, 0.5) is 0 Å². The number of piperidine rings is 1. The van der Waals surface area contributed by atoms with Crippen molar-refractivity contribution in [1.29, 1.82) is 0 Å². The fourth-order valence-corrected chi connectivity index (χ4v) is 4.59. The summed E-state index contributed by atoms with van der Waals surface area (Å²) in [5, 5.41) is 7.20. The van der Waals surface area contributed by atoms with Crippen molar-refractivity contribution in [3.63, 3.8) is 0 Å². The van der Waals surface area contributed by atoms with Gasteiger partial charge >= 0.3 is 0 Å². The van der Waals surface area contributed by atoms with E-state index in [9.17, 15) is 4.79 Å². The Morgan fingerprint density at radius 3 is 2.39 bits per heavy atom. The summed E-state index contributed by atoms with van der Waals surface area (Å²) in [6.45, 7) is 9.09. The van der Waals surface area contributed by atoms with Crippen molar-refractivity contribution in [2.45, 2.75) is 39.9 Å². The first-order valence-corrected chi connectivity index (χ1v) is 11.1. The van der Waals surface area contributed by atoms with Gasteiger partial charge in [-0.3, -0.25) is 9.69 Å². The second-order valence-electron chi connectivity index (χ2n) is 8.88. The van der Waals surface area contributed by atoms with Crippen molar-refractivity contribution in [1.82, 2.24) is 25.0 Å². The largest absolute Gasteiger partial charge is 0.348 e. The molecule has 1 N–H and O–H groups in total. The van der Waals surface area contributed by atoms with Gasteiger partial charge in [-0.1, -0.05) is 50.2 Å². The molecule has 0 unspecified atom stereocenters. The van der Waals surface area contributed by atoms with Gasteiger partial charge in [0.05, 0.1) is 6.54 Å². The van der Waals surface area contributed by atoms with Gasteiger partial charge in [0.1, 0.15) is 12.7 Å². The molecule has 6 nitrogen and oxygen atoms in total. The standard InChI is InChI=1S/C25H31N5O/c1-19-11-20(2)14-29(13-19)16-24-6-4-3-5-23(24)12-27-25(31)22-9-7-21(8-10-22)15-30-18-26-17-28-30/h3-10,17-20H,11-16H2,1-2H3,(H,27,31)/t19-,20-/m0/s1. The Morgan fingerprint density at radius 1 is 1.00 bits per heavy atom. The molecule has 2 atom stereocenters. The summed E-state index contributed by atoms with van der Waals surface area (Å²) >= 11 is 0. The third-order valence-electron chi connectivity index (χ3n) is 5.92. The third-order valence-corrected chi connectivity index (χ3v) is 5.92. The summed E-state index contributed by atoms with van der Waals surface area (Å²) in [7, 11) is 0. The maximum atomic E-state index is 12.7. The van der Waals surface area contributed by atoms with E-state index < -0.39 is 0 Å². The monoisotopic (exact) mass is 417 g/mol. The zero-order chi connectivity index (χ0) is 21.6. The first kappa shape index (κ1) is 21.2. The normalized spacial score (nSPS) is 19.3. The predicted molar refractivity (Wildman–Crippen MR) is 121 cm³/mol. The summed E-state index contributed by atoms with van der Waals surface area (Å²) in [5.41, 5.74) is 4.23. The highest BCUT2D eigenvalue weighted by atomic mass is 16.1. The van der Waals surface area contributed by atoms with Gasteiger partial charge in [-0.25, -0.2) is 9.67 Å². The molecule has 1 amide bonds. The van der Waals surface area contributed by atoms with Crippen molar-refractivity contribution in [2.24, 2.45) is 11.8 Å². The van der Waals surface area contributed by atoms with Crippen molar-refractivity contribution < 1.29 is 4.79 Å². The minimum atomic E-state index is -0.0534. The molecular weight excluding hydrogens is 386 g/mol. The molecule has 4 rings (SSSR count). The van der Waals surface area contributed by atoms with E-state index in [-0.39, 0.29) is 5.91 Å². The van der Waals surface area contributed by atoms with Crippen LogP contribution in [-0.2, 0) is 19.6 Å². The van der Waals surface area contributed by atoms with E-state index in [2.05, 4.69) is 52.3 Å². The lowest BCUT2D eigenvalue weighted by Gasteiger charge is -2.35. The number of carbonyl (C=O) groups is 1. The number of aromatic nitrogens is 3. The zero-order valence-corrected chi connectivity index (χ0v) is 18.4. The van der Waals surface area contributed by atoms with Crippen LogP contribution >= 0.6 is 0 Å². The third kappa shape index (κ3) is 5.79. The molecule has 2 heterocycles. The minimum absolute atomic E-state index is 0.0534. The SMILES string of the molecule is C[C@H]1C[C@H](C)CN(Cc2ccccc2CNC(=O)c2ccc(Cn3cncn3)cc2)C1. The smallest absolute Gasteiger partial charge is 0.251 e. The predicted octanol–water partition coefficient (Wildman–Crippen LogP) is 3.73. The lowest BCUT2D eigenvalue weighted by Crippen LogP contribution is -2.38. The molecule has 1 aromatic heterocycles. The lowest BCUT2D eigenvalue weighted by atomic mass is 9.91. The summed E-state index contributed by atoms with van der Waals surface area (Å²) in [4.78, 5) is 19.2. The van der Waals surface area contributed by atoms with E-state index in [0.29, 0.717) is 18.7 Å². The van der Waals surface area contributed by atoms with Crippen molar-refractivity contribution in [2.75, 3.05) is 13.1 Å². The Hall–Kier alpha value is -2.99. The van der Waals surface area contributed by atoms with Crippen LogP contribution in [-0.4, -0.2) is 38.7 Å². The number of amides is 1. The summed E-state index contributed by atoms with van der Waals surface area (Å²) in [5.74, 6) is 1.42. The molecule has 1 fully saturated rings. The second kappa shape index (κ2) is 9.88. The van der Waals surface area contributed by atoms with E-state index in [1.165, 1.54) is 23.9 Å². The van der Waals surface area contributed by atoms with Crippen LogP contribution in [0.25, 0.3) is 0 Å². The molecule has 31 heavy (non-hydrogen) atoms. The highest BCUT2D eigenvalue weighted by Crippen LogP contribution is 2.23. The van der Waals surface area contributed by atoms with Crippen molar-refractivity contribution >= 4 is 5.91 Å². The molecule has 2 aromatic carbocycles. The number of hydrogen-bond acceptors (Lipinski definition) is 4. The van der Waals surface area contributed by atoms with E-state index >= 15 is 0 Å². The number of nitrogens with one attached hydrogen (secondary N) is 1. The number of hydrogen-bond donors (Lipinski definition) is 1. The molecule has 1 aliphatic rings. The summed E-state index contributed by atoms with van der Waals surface area (Å²) in [6, 6.07) is 16.1. The Morgan fingerprint density at radius 2 is 1.71 bits per heavy atom. The first-order valence-electron chi connectivity index (χ1n) is 11.1. The quantitative estimate of drug-likeness (QED) is 0.636. The van der Waals surface area contributed by atoms with Crippen molar-refractivity contribution in [3.05, 3.63) is 83.4 Å². The molecule has 162 valence electrons. The van der Waals surface area contributed by atoms with Gasteiger partial charge in [-0.15, -0.1) is 0 Å². The Labute approximate surface area is 184 Å². The number of benzene rings is 2. The van der Waals surface area contributed by atoms with Gasteiger partial charge in [-0.2, -0.15) is 5.10 Å². The molecule has 0 aliphatic carbocycles. The highest BCUT2D eigenvalue weighted by molar-refractivity contribution is 5.94. The molecule has 1 aliphatic heterocycles. The van der Waals surface area contributed by atoms with Crippen LogP contribution in [0.1, 0.15) is 47.3 Å². The van der Waals surface area contributed by atoms with E-state index in [0.717, 1.165) is 37.0 Å². The molecule has 0 spiro atoms. The van der Waals surface area contributed by atoms with Crippen LogP contribution in [0.5, 0.6) is 0 Å². The maximum absolute atomic E-state index is 12.7. The molecule has 3 aromatic rings. The van der Waals surface area contributed by atoms with E-state index in [4.69, 9.17) is 0 Å². The second-order valence-corrected chi connectivity index (χ2v) is 8.88. The van der Waals surface area contributed by atoms with E-state index in [1.54, 1.807) is 11.0 Å². The summed E-state index contributed by atoms with van der Waals surface area (Å²) in [6.07, 6.45) is 4.52. The van der Waals surface area contributed by atoms with Crippen LogP contribution in [0.15, 0.2) is 61.2 Å². The topological polar surface area (TPSA) is 63.1 Å². The summed E-state index contributed by atoms with van der Waals surface area (Å²) < 4.78 is 1.76. The van der Waals surface area contributed by atoms with Crippen LogP contribution in [0.2, 0.25) is 0 Å². The van der Waals surface area contributed by atoms with Crippen LogP contribution < -0.4 is 5.32 Å². The van der Waals surface area contributed by atoms with Gasteiger partial charge in [0.2, 0.25) is 0 Å².